The minimum absolute atomic E-state index is 0.341. The number of nitrogens with two attached hydrogens (primary N) is 2. The summed E-state index contributed by atoms with van der Waals surface area (Å²) in [5, 5.41) is 0. The van der Waals surface area contributed by atoms with E-state index in [0.717, 1.165) is 0 Å². The minimum atomic E-state index is 0.341. The predicted molar refractivity (Wildman–Crippen MR) is 39.6 cm³/mol. The Morgan fingerprint density at radius 3 is 2.14 bits per heavy atom. The SMILES string of the molecule is NC(N)=C/C=C\I. The molecule has 40 valence electrons. The first-order valence-corrected chi connectivity index (χ1v) is 3.00. The summed E-state index contributed by atoms with van der Waals surface area (Å²) in [4.78, 5) is 0. The van der Waals surface area contributed by atoms with Crippen molar-refractivity contribution in [3.63, 3.8) is 0 Å². The molecule has 0 saturated carbocycles. The molecule has 3 heteroatoms. The van der Waals surface area contributed by atoms with E-state index in [0.29, 0.717) is 5.82 Å². The maximum Gasteiger partial charge on any atom is 0.0933 e. The van der Waals surface area contributed by atoms with Crippen LogP contribution in [-0.2, 0) is 0 Å². The van der Waals surface area contributed by atoms with Crippen LogP contribution in [-0.4, -0.2) is 0 Å². The van der Waals surface area contributed by atoms with Crippen molar-refractivity contribution in [2.75, 3.05) is 0 Å². The maximum atomic E-state index is 5.06. The molecule has 0 fully saturated rings. The van der Waals surface area contributed by atoms with Gasteiger partial charge in [-0.15, -0.1) is 0 Å². The molecule has 0 saturated heterocycles. The molecule has 0 aliphatic heterocycles. The topological polar surface area (TPSA) is 52.0 Å². The standard InChI is InChI=1S/C4H7IN2/c5-3-1-2-4(6)7/h1-3H,6-7H2/b3-1-. The minimum Gasteiger partial charge on any atom is -0.386 e. The lowest BCUT2D eigenvalue weighted by atomic mass is 10.6. The molecule has 0 atom stereocenters. The Labute approximate surface area is 56.4 Å². The highest BCUT2D eigenvalue weighted by atomic mass is 127. The van der Waals surface area contributed by atoms with Crippen LogP contribution in [0, 0.1) is 0 Å². The van der Waals surface area contributed by atoms with Gasteiger partial charge >= 0.3 is 0 Å². The van der Waals surface area contributed by atoms with Crippen molar-refractivity contribution in [2.24, 2.45) is 11.5 Å². The molecule has 0 amide bonds. The van der Waals surface area contributed by atoms with E-state index in [1.807, 2.05) is 4.08 Å². The quantitative estimate of drug-likeness (QED) is 0.494. The Morgan fingerprint density at radius 2 is 2.00 bits per heavy atom. The van der Waals surface area contributed by atoms with Gasteiger partial charge < -0.3 is 11.5 Å². The molecular weight excluding hydrogens is 203 g/mol. The fourth-order valence-corrected chi connectivity index (χ4v) is 0.355. The molecule has 0 unspecified atom stereocenters. The van der Waals surface area contributed by atoms with Gasteiger partial charge in [0.05, 0.1) is 5.82 Å². The first-order valence-electron chi connectivity index (χ1n) is 1.75. The summed E-state index contributed by atoms with van der Waals surface area (Å²) in [5.41, 5.74) is 10.1. The molecule has 0 heterocycles. The third-order valence-electron chi connectivity index (χ3n) is 0.361. The fourth-order valence-electron chi connectivity index (χ4n) is 0.147. The summed E-state index contributed by atoms with van der Waals surface area (Å²) in [6.07, 6.45) is 3.41. The van der Waals surface area contributed by atoms with Crippen LogP contribution in [0.5, 0.6) is 0 Å². The van der Waals surface area contributed by atoms with Gasteiger partial charge in [-0.3, -0.25) is 0 Å². The van der Waals surface area contributed by atoms with Crippen LogP contribution < -0.4 is 11.5 Å². The van der Waals surface area contributed by atoms with Crippen LogP contribution >= 0.6 is 22.6 Å². The third kappa shape index (κ3) is 5.81. The van der Waals surface area contributed by atoms with Crippen LogP contribution in [0.2, 0.25) is 0 Å². The Bertz CT molecular complexity index is 91.9. The second-order valence-corrected chi connectivity index (χ2v) is 1.70. The molecule has 7 heavy (non-hydrogen) atoms. The van der Waals surface area contributed by atoms with Crippen molar-refractivity contribution < 1.29 is 0 Å². The van der Waals surface area contributed by atoms with E-state index >= 15 is 0 Å². The lowest BCUT2D eigenvalue weighted by molar-refractivity contribution is 1.25. The normalized spacial score (nSPS) is 9.29. The van der Waals surface area contributed by atoms with Gasteiger partial charge in [0.1, 0.15) is 0 Å². The van der Waals surface area contributed by atoms with Gasteiger partial charge in [-0.05, 0) is 10.2 Å². The average Bonchev–Trinajstić information content (AvgIpc) is 1.61. The smallest absolute Gasteiger partial charge is 0.0933 e. The number of hydrogen-bond acceptors (Lipinski definition) is 2. The highest BCUT2D eigenvalue weighted by Crippen LogP contribution is 1.83. The first kappa shape index (κ1) is 6.81. The van der Waals surface area contributed by atoms with Gasteiger partial charge in [-0.25, -0.2) is 0 Å². The van der Waals surface area contributed by atoms with Crippen molar-refractivity contribution in [2.45, 2.75) is 0 Å². The Morgan fingerprint density at radius 1 is 1.43 bits per heavy atom. The van der Waals surface area contributed by atoms with E-state index in [9.17, 15) is 0 Å². The molecule has 0 aliphatic carbocycles. The maximum absolute atomic E-state index is 5.06. The number of rotatable bonds is 1. The van der Waals surface area contributed by atoms with Crippen molar-refractivity contribution in [3.8, 4) is 0 Å². The lowest BCUT2D eigenvalue weighted by Gasteiger charge is -1.80. The zero-order chi connectivity index (χ0) is 5.70. The van der Waals surface area contributed by atoms with Gasteiger partial charge in [-0.2, -0.15) is 0 Å². The van der Waals surface area contributed by atoms with Gasteiger partial charge in [-0.1, -0.05) is 28.7 Å². The average molecular weight is 210 g/mol. The van der Waals surface area contributed by atoms with Crippen LogP contribution in [0.25, 0.3) is 0 Å². The van der Waals surface area contributed by atoms with Gasteiger partial charge in [0.15, 0.2) is 0 Å². The summed E-state index contributed by atoms with van der Waals surface area (Å²) in [6, 6.07) is 0. The Kier molecular flexibility index (Phi) is 3.87. The fraction of sp³-hybridized carbons (Fsp3) is 0. The summed E-state index contributed by atoms with van der Waals surface area (Å²) in [6.45, 7) is 0. The lowest BCUT2D eigenvalue weighted by Crippen LogP contribution is -2.06. The molecule has 0 aromatic carbocycles. The van der Waals surface area contributed by atoms with E-state index in [2.05, 4.69) is 22.6 Å². The van der Waals surface area contributed by atoms with Crippen LogP contribution in [0.4, 0.5) is 0 Å². The van der Waals surface area contributed by atoms with Gasteiger partial charge in [0.2, 0.25) is 0 Å². The van der Waals surface area contributed by atoms with Crippen LogP contribution in [0.15, 0.2) is 22.1 Å². The molecule has 4 N–H and O–H groups in total. The molecule has 0 spiro atoms. The molecule has 0 aromatic rings. The summed E-state index contributed by atoms with van der Waals surface area (Å²) < 4.78 is 1.83. The Hall–Kier alpha value is -0.190. The number of halogens is 1. The molecule has 0 radical (unpaired) electrons. The van der Waals surface area contributed by atoms with Crippen molar-refractivity contribution in [3.05, 3.63) is 22.1 Å². The second kappa shape index (κ2) is 3.98. The Balaban J connectivity index is 3.46. The summed E-state index contributed by atoms with van der Waals surface area (Å²) >= 11 is 2.08. The number of hydrogen-bond donors (Lipinski definition) is 2. The number of allylic oxidation sites excluding steroid dienone is 2. The van der Waals surface area contributed by atoms with E-state index in [1.54, 1.807) is 12.2 Å². The highest BCUT2D eigenvalue weighted by molar-refractivity contribution is 14.1. The molecule has 0 bridgehead atoms. The molecule has 0 aliphatic rings. The monoisotopic (exact) mass is 210 g/mol. The van der Waals surface area contributed by atoms with Crippen LogP contribution in [0.1, 0.15) is 0 Å². The van der Waals surface area contributed by atoms with E-state index in [1.165, 1.54) is 0 Å². The molecule has 0 aromatic heterocycles. The van der Waals surface area contributed by atoms with Crippen LogP contribution in [0.3, 0.4) is 0 Å². The van der Waals surface area contributed by atoms with Crippen molar-refractivity contribution >= 4 is 22.6 Å². The highest BCUT2D eigenvalue weighted by Gasteiger charge is 1.65. The summed E-state index contributed by atoms with van der Waals surface area (Å²) in [7, 11) is 0. The van der Waals surface area contributed by atoms with E-state index in [4.69, 9.17) is 11.5 Å². The molecule has 0 rings (SSSR count). The second-order valence-electron chi connectivity index (χ2n) is 0.985. The van der Waals surface area contributed by atoms with E-state index in [-0.39, 0.29) is 0 Å². The zero-order valence-corrected chi connectivity index (χ0v) is 5.92. The molecule has 2 nitrogen and oxygen atoms in total. The third-order valence-corrected chi connectivity index (χ3v) is 0.777. The largest absolute Gasteiger partial charge is 0.386 e. The zero-order valence-electron chi connectivity index (χ0n) is 3.76. The van der Waals surface area contributed by atoms with E-state index < -0.39 is 0 Å². The first-order chi connectivity index (χ1) is 3.27. The van der Waals surface area contributed by atoms with Crippen molar-refractivity contribution in [1.82, 2.24) is 0 Å². The molecular formula is C4H7IN2. The van der Waals surface area contributed by atoms with Gasteiger partial charge in [0.25, 0.3) is 0 Å². The van der Waals surface area contributed by atoms with Crippen molar-refractivity contribution in [1.29, 1.82) is 0 Å². The predicted octanol–water partition coefficient (Wildman–Crippen LogP) is 0.694. The van der Waals surface area contributed by atoms with Gasteiger partial charge in [0, 0.05) is 0 Å². The summed E-state index contributed by atoms with van der Waals surface area (Å²) in [5.74, 6) is 0.341.